The number of aromatic nitrogens is 1. The fourth-order valence-corrected chi connectivity index (χ4v) is 4.06. The summed E-state index contributed by atoms with van der Waals surface area (Å²) in [5, 5.41) is 9.28. The second-order valence-corrected chi connectivity index (χ2v) is 7.51. The van der Waals surface area contributed by atoms with Crippen molar-refractivity contribution in [2.45, 2.75) is 12.8 Å². The smallest absolute Gasteiger partial charge is 0.211 e. The van der Waals surface area contributed by atoms with Gasteiger partial charge in [0.15, 0.2) is 0 Å². The van der Waals surface area contributed by atoms with Crippen molar-refractivity contribution in [2.24, 2.45) is 17.3 Å². The van der Waals surface area contributed by atoms with Gasteiger partial charge in [0.1, 0.15) is 0 Å². The molecule has 0 atom stereocenters. The standard InChI is InChI=1S/C23H21N3S/c1-26-21-14-8-9-15-22(21)27-23(26)25-24-20(16-18-10-4-2-5-11-18)17-19-12-6-3-7-13-19/h2-15H,16-17H2,1H3/b25-23-. The minimum Gasteiger partial charge on any atom is -0.318 e. The van der Waals surface area contributed by atoms with Crippen LogP contribution in [0.4, 0.5) is 0 Å². The number of fused-ring (bicyclic) bond motifs is 1. The Morgan fingerprint density at radius 3 is 1.93 bits per heavy atom. The van der Waals surface area contributed by atoms with E-state index in [9.17, 15) is 0 Å². The Morgan fingerprint density at radius 2 is 1.33 bits per heavy atom. The van der Waals surface area contributed by atoms with Crippen LogP contribution in [0.25, 0.3) is 10.2 Å². The SMILES string of the molecule is Cn1/c(=N/N=C(Cc2ccccc2)Cc2ccccc2)sc2ccccc21. The van der Waals surface area contributed by atoms with Crippen LogP contribution >= 0.6 is 11.3 Å². The maximum absolute atomic E-state index is 4.67. The third-order valence-electron chi connectivity index (χ3n) is 4.49. The highest BCUT2D eigenvalue weighted by molar-refractivity contribution is 7.16. The van der Waals surface area contributed by atoms with Gasteiger partial charge in [-0.25, -0.2) is 0 Å². The molecule has 3 nitrogen and oxygen atoms in total. The molecule has 0 aliphatic carbocycles. The Bertz CT molecular complexity index is 1080. The summed E-state index contributed by atoms with van der Waals surface area (Å²) in [7, 11) is 2.04. The molecule has 134 valence electrons. The van der Waals surface area contributed by atoms with E-state index in [1.807, 2.05) is 19.2 Å². The van der Waals surface area contributed by atoms with Gasteiger partial charge in [-0.15, -0.1) is 5.10 Å². The first-order valence-electron chi connectivity index (χ1n) is 9.01. The summed E-state index contributed by atoms with van der Waals surface area (Å²) in [6.07, 6.45) is 1.60. The molecular formula is C23H21N3S. The molecule has 3 aromatic carbocycles. The molecule has 0 saturated heterocycles. The van der Waals surface area contributed by atoms with E-state index in [0.29, 0.717) is 0 Å². The lowest BCUT2D eigenvalue weighted by atomic mass is 10.0. The average Bonchev–Trinajstić information content (AvgIpc) is 3.04. The normalized spacial score (nSPS) is 11.7. The molecule has 0 aliphatic heterocycles. The van der Waals surface area contributed by atoms with E-state index in [1.54, 1.807) is 11.3 Å². The zero-order valence-corrected chi connectivity index (χ0v) is 16.1. The first-order chi connectivity index (χ1) is 13.3. The lowest BCUT2D eigenvalue weighted by molar-refractivity contribution is 0.885. The topological polar surface area (TPSA) is 29.6 Å². The number of benzene rings is 3. The second kappa shape index (κ2) is 8.14. The fraction of sp³-hybridized carbons (Fsp3) is 0.130. The van der Waals surface area contributed by atoms with Crippen LogP contribution in [-0.2, 0) is 19.9 Å². The molecule has 0 aliphatic rings. The van der Waals surface area contributed by atoms with Gasteiger partial charge in [0.25, 0.3) is 0 Å². The quantitative estimate of drug-likeness (QED) is 0.350. The van der Waals surface area contributed by atoms with Gasteiger partial charge in [0.2, 0.25) is 4.80 Å². The van der Waals surface area contributed by atoms with Gasteiger partial charge in [-0.2, -0.15) is 5.10 Å². The van der Waals surface area contributed by atoms with Crippen molar-refractivity contribution in [3.8, 4) is 0 Å². The Kier molecular flexibility index (Phi) is 5.26. The Morgan fingerprint density at radius 1 is 0.778 bits per heavy atom. The van der Waals surface area contributed by atoms with Crippen LogP contribution in [0, 0.1) is 0 Å². The summed E-state index contributed by atoms with van der Waals surface area (Å²) in [6.45, 7) is 0. The molecule has 0 saturated carbocycles. The molecule has 0 N–H and O–H groups in total. The Balaban J connectivity index is 1.71. The third kappa shape index (κ3) is 4.23. The molecule has 0 bridgehead atoms. The van der Waals surface area contributed by atoms with Crippen molar-refractivity contribution in [1.29, 1.82) is 0 Å². The van der Waals surface area contributed by atoms with Gasteiger partial charge in [-0.3, -0.25) is 0 Å². The number of para-hydroxylation sites is 1. The van der Waals surface area contributed by atoms with Crippen LogP contribution in [-0.4, -0.2) is 10.3 Å². The molecule has 4 aromatic rings. The number of nitrogens with zero attached hydrogens (tertiary/aromatic N) is 3. The summed E-state index contributed by atoms with van der Waals surface area (Å²) in [5.41, 5.74) is 4.75. The third-order valence-corrected chi connectivity index (χ3v) is 5.60. The lowest BCUT2D eigenvalue weighted by Crippen LogP contribution is -2.11. The number of thiazole rings is 1. The zero-order valence-electron chi connectivity index (χ0n) is 15.2. The van der Waals surface area contributed by atoms with Crippen molar-refractivity contribution in [1.82, 2.24) is 4.57 Å². The second-order valence-electron chi connectivity index (χ2n) is 6.50. The van der Waals surface area contributed by atoms with Crippen molar-refractivity contribution in [2.75, 3.05) is 0 Å². The number of aryl methyl sites for hydroxylation is 1. The molecule has 0 radical (unpaired) electrons. The number of hydrogen-bond acceptors (Lipinski definition) is 3. The summed E-state index contributed by atoms with van der Waals surface area (Å²) in [6, 6.07) is 29.3. The molecule has 0 fully saturated rings. The molecule has 0 amide bonds. The van der Waals surface area contributed by atoms with Crippen LogP contribution in [0.15, 0.2) is 95.1 Å². The van der Waals surface area contributed by atoms with Crippen molar-refractivity contribution in [3.05, 3.63) is 101 Å². The average molecular weight is 372 g/mol. The molecule has 4 rings (SSSR count). The molecule has 1 heterocycles. The molecule has 0 unspecified atom stereocenters. The highest BCUT2D eigenvalue weighted by Gasteiger charge is 2.05. The van der Waals surface area contributed by atoms with Gasteiger partial charge in [0.05, 0.1) is 10.2 Å². The zero-order chi connectivity index (χ0) is 18.5. The van der Waals surface area contributed by atoms with E-state index in [4.69, 9.17) is 0 Å². The summed E-state index contributed by atoms with van der Waals surface area (Å²) in [4.78, 5) is 0.912. The maximum Gasteiger partial charge on any atom is 0.211 e. The maximum atomic E-state index is 4.67. The molecular weight excluding hydrogens is 350 g/mol. The van der Waals surface area contributed by atoms with E-state index in [0.717, 1.165) is 23.4 Å². The molecule has 27 heavy (non-hydrogen) atoms. The van der Waals surface area contributed by atoms with Gasteiger partial charge < -0.3 is 4.57 Å². The van der Waals surface area contributed by atoms with Crippen LogP contribution in [0.3, 0.4) is 0 Å². The van der Waals surface area contributed by atoms with Gasteiger partial charge >= 0.3 is 0 Å². The van der Waals surface area contributed by atoms with Crippen molar-refractivity contribution >= 4 is 27.3 Å². The highest BCUT2D eigenvalue weighted by Crippen LogP contribution is 2.15. The van der Waals surface area contributed by atoms with E-state index in [-0.39, 0.29) is 0 Å². The first-order valence-corrected chi connectivity index (χ1v) is 9.83. The van der Waals surface area contributed by atoms with Crippen LogP contribution < -0.4 is 4.80 Å². The monoisotopic (exact) mass is 371 g/mol. The summed E-state index contributed by atoms with van der Waals surface area (Å²) < 4.78 is 3.33. The van der Waals surface area contributed by atoms with E-state index in [1.165, 1.54) is 21.3 Å². The van der Waals surface area contributed by atoms with Crippen molar-refractivity contribution in [3.63, 3.8) is 0 Å². The highest BCUT2D eigenvalue weighted by atomic mass is 32.1. The van der Waals surface area contributed by atoms with Crippen molar-refractivity contribution < 1.29 is 0 Å². The van der Waals surface area contributed by atoms with Crippen LogP contribution in [0.1, 0.15) is 11.1 Å². The Labute approximate surface area is 163 Å². The molecule has 0 spiro atoms. The lowest BCUT2D eigenvalue weighted by Gasteiger charge is -2.05. The van der Waals surface area contributed by atoms with Gasteiger partial charge in [-0.05, 0) is 23.3 Å². The van der Waals surface area contributed by atoms with Crippen LogP contribution in [0.2, 0.25) is 0 Å². The summed E-state index contributed by atoms with van der Waals surface area (Å²) in [5.74, 6) is 0. The number of hydrogen-bond donors (Lipinski definition) is 0. The number of rotatable bonds is 5. The Hall–Kier alpha value is -2.98. The van der Waals surface area contributed by atoms with Gasteiger partial charge in [-0.1, -0.05) is 84.1 Å². The van der Waals surface area contributed by atoms with E-state index < -0.39 is 0 Å². The minimum atomic E-state index is 0.799. The predicted octanol–water partition coefficient (Wildman–Crippen LogP) is 4.98. The minimum absolute atomic E-state index is 0.799. The first kappa shape index (κ1) is 17.4. The fourth-order valence-electron chi connectivity index (χ4n) is 3.09. The molecule has 4 heteroatoms. The predicted molar refractivity (Wildman–Crippen MR) is 114 cm³/mol. The van der Waals surface area contributed by atoms with Gasteiger partial charge in [0, 0.05) is 25.6 Å². The molecule has 1 aromatic heterocycles. The summed E-state index contributed by atoms with van der Waals surface area (Å²) >= 11 is 1.67. The van der Waals surface area contributed by atoms with E-state index in [2.05, 4.69) is 87.6 Å². The van der Waals surface area contributed by atoms with Crippen LogP contribution in [0.5, 0.6) is 0 Å². The largest absolute Gasteiger partial charge is 0.318 e. The van der Waals surface area contributed by atoms with E-state index >= 15 is 0 Å².